The zero-order valence-corrected chi connectivity index (χ0v) is 10.5. The third-order valence-electron chi connectivity index (χ3n) is 0. The van der Waals surface area contributed by atoms with Gasteiger partial charge < -0.3 is 28.2 Å². The first kappa shape index (κ1) is 15.7. The molecule has 0 heterocycles. The van der Waals surface area contributed by atoms with Crippen molar-refractivity contribution in [2.45, 2.75) is 0 Å². The minimum absolute atomic E-state index is 0. The molecule has 0 rings (SSSR count). The van der Waals surface area contributed by atoms with Crippen LogP contribution >= 0.6 is 0 Å². The van der Waals surface area contributed by atoms with Gasteiger partial charge in [-0.05, 0) is 0 Å². The van der Waals surface area contributed by atoms with E-state index in [1.807, 2.05) is 0 Å². The fourth-order valence-corrected chi connectivity index (χ4v) is 0. The van der Waals surface area contributed by atoms with Crippen LogP contribution in [0.1, 0.15) is 0 Å². The second-order valence-corrected chi connectivity index (χ2v) is 1.50. The average Bonchev–Trinajstić information content (AvgIpc) is 0.722. The molecule has 0 unspecified atom stereocenters. The van der Waals surface area contributed by atoms with E-state index < -0.39 is 9.05 Å². The molecule has 0 aromatic rings. The van der Waals surface area contributed by atoms with Gasteiger partial charge in [-0.25, -0.2) is 0 Å². The molecule has 0 radical (unpaired) electrons. The van der Waals surface area contributed by atoms with Crippen LogP contribution in [-0.4, -0.2) is 9.05 Å². The summed E-state index contributed by atoms with van der Waals surface area (Å²) in [6, 6.07) is 0. The predicted molar refractivity (Wildman–Crippen MR) is 5.75 cm³/mol. The van der Waals surface area contributed by atoms with Crippen molar-refractivity contribution in [2.24, 2.45) is 0 Å². The Bertz CT molecular complexity index is 25.2. The van der Waals surface area contributed by atoms with E-state index in [9.17, 15) is 0 Å². The first-order valence-electron chi connectivity index (χ1n) is 0.816. The topological polar surface area (TPSA) is 92.2 Å². The molecule has 0 saturated carbocycles. The first-order valence-corrected chi connectivity index (χ1v) is 2.45. The van der Waals surface area contributed by atoms with Crippen LogP contribution in [0.5, 0.6) is 0 Å². The Morgan fingerprint density at radius 3 is 0.714 bits per heavy atom. The quantitative estimate of drug-likeness (QED) is 0.384. The summed E-state index contributed by atoms with van der Waals surface area (Å²) in [7, 11) is -5.61. The van der Waals surface area contributed by atoms with Gasteiger partial charge in [0, 0.05) is 0 Å². The van der Waals surface area contributed by atoms with Crippen LogP contribution in [0, 0.1) is 0 Å². The second kappa shape index (κ2) is 5.44. The Hall–Kier alpha value is 1.30. The van der Waals surface area contributed by atoms with Gasteiger partial charge in [0.1, 0.15) is 0 Å². The van der Waals surface area contributed by atoms with E-state index in [0.717, 1.165) is 0 Å². The number of hydrogen-bond donors (Lipinski definition) is 0. The Labute approximate surface area is 67.2 Å². The van der Waals surface area contributed by atoms with E-state index in [0.29, 0.717) is 0 Å². The fourth-order valence-electron chi connectivity index (χ4n) is 0. The minimum Gasteiger partial charge on any atom is -0.894 e. The van der Waals surface area contributed by atoms with Crippen LogP contribution < -0.4 is 19.2 Å². The van der Waals surface area contributed by atoms with Crippen molar-refractivity contribution in [3.8, 4) is 0 Å². The van der Waals surface area contributed by atoms with Gasteiger partial charge in [0.15, 0.2) is 0 Å². The molecule has 0 aliphatic carbocycles. The van der Waals surface area contributed by atoms with Crippen molar-refractivity contribution in [1.82, 2.24) is 0 Å². The molecule has 4 nitrogen and oxygen atoms in total. The Morgan fingerprint density at radius 2 is 0.714 bits per heavy atom. The molecule has 0 saturated heterocycles. The van der Waals surface area contributed by atoms with E-state index in [2.05, 4.69) is 0 Å². The SMILES string of the molecule is [O-][Si]([O-])([O-])[O-].[Zn+2].[Zn+2]. The van der Waals surface area contributed by atoms with Gasteiger partial charge in [-0.1, -0.05) is 0 Å². The molecule has 32 valence electrons. The first-order chi connectivity index (χ1) is 2.00. The van der Waals surface area contributed by atoms with Gasteiger partial charge in [0.25, 0.3) is 0 Å². The summed E-state index contributed by atoms with van der Waals surface area (Å²) in [5, 5.41) is 0. The van der Waals surface area contributed by atoms with E-state index in [1.165, 1.54) is 0 Å². The molecule has 7 heavy (non-hydrogen) atoms. The van der Waals surface area contributed by atoms with Crippen LogP contribution in [0.25, 0.3) is 0 Å². The van der Waals surface area contributed by atoms with Gasteiger partial charge >= 0.3 is 39.0 Å². The third-order valence-corrected chi connectivity index (χ3v) is 0. The number of hydrogen-bond acceptors (Lipinski definition) is 4. The molecular formula is O4SiZn2. The van der Waals surface area contributed by atoms with E-state index >= 15 is 0 Å². The monoisotopic (exact) mass is 220 g/mol. The van der Waals surface area contributed by atoms with Crippen molar-refractivity contribution in [1.29, 1.82) is 0 Å². The summed E-state index contributed by atoms with van der Waals surface area (Å²) < 4.78 is 0. The van der Waals surface area contributed by atoms with Crippen molar-refractivity contribution < 1.29 is 58.1 Å². The standard InChI is InChI=1S/O4Si.2Zn/c1-5(2,3)4;;/q-4;2*+2. The Morgan fingerprint density at radius 1 is 0.714 bits per heavy atom. The van der Waals surface area contributed by atoms with Crippen LogP contribution in [0.15, 0.2) is 0 Å². The average molecular weight is 223 g/mol. The molecule has 0 fully saturated rings. The maximum Gasteiger partial charge on any atom is 2.00 e. The molecule has 0 amide bonds. The summed E-state index contributed by atoms with van der Waals surface area (Å²) in [4.78, 5) is 34.3. The van der Waals surface area contributed by atoms with Gasteiger partial charge in [-0.15, -0.1) is 0 Å². The molecule has 0 spiro atoms. The zero-order valence-electron chi connectivity index (χ0n) is 3.55. The molecule has 0 aromatic carbocycles. The number of rotatable bonds is 0. The normalized spacial score (nSPS) is 8.57. The second-order valence-electron chi connectivity index (χ2n) is 0.500. The summed E-state index contributed by atoms with van der Waals surface area (Å²) in [5.41, 5.74) is 0. The smallest absolute Gasteiger partial charge is 0.894 e. The molecule has 0 aromatic heterocycles. The summed E-state index contributed by atoms with van der Waals surface area (Å²) in [5.74, 6) is 0. The van der Waals surface area contributed by atoms with Crippen LogP contribution in [-0.2, 0) is 39.0 Å². The van der Waals surface area contributed by atoms with Gasteiger partial charge in [0.2, 0.25) is 0 Å². The van der Waals surface area contributed by atoms with Gasteiger partial charge in [-0.3, -0.25) is 0 Å². The van der Waals surface area contributed by atoms with Crippen molar-refractivity contribution >= 4 is 9.05 Å². The maximum absolute atomic E-state index is 8.58. The largest absolute Gasteiger partial charge is 2.00 e. The van der Waals surface area contributed by atoms with E-state index in [4.69, 9.17) is 19.2 Å². The third kappa shape index (κ3) is 121. The van der Waals surface area contributed by atoms with Crippen LogP contribution in [0.3, 0.4) is 0 Å². The summed E-state index contributed by atoms with van der Waals surface area (Å²) in [6.07, 6.45) is 0. The molecular weight excluding hydrogens is 223 g/mol. The van der Waals surface area contributed by atoms with Crippen LogP contribution in [0.2, 0.25) is 0 Å². The van der Waals surface area contributed by atoms with Gasteiger partial charge in [0.05, 0.1) is 0 Å². The molecule has 0 bridgehead atoms. The zero-order chi connectivity index (χ0) is 4.50. The summed E-state index contributed by atoms with van der Waals surface area (Å²) >= 11 is 0. The van der Waals surface area contributed by atoms with Crippen molar-refractivity contribution in [2.75, 3.05) is 0 Å². The molecule has 0 N–H and O–H groups in total. The molecule has 0 aliphatic rings. The molecule has 0 aliphatic heterocycles. The Balaban J connectivity index is -0.0000000800. The molecule has 0 atom stereocenters. The van der Waals surface area contributed by atoms with E-state index in [-0.39, 0.29) is 39.0 Å². The minimum atomic E-state index is -5.61. The van der Waals surface area contributed by atoms with Gasteiger partial charge in [-0.2, -0.15) is 0 Å². The Kier molecular flexibility index (Phi) is 12.2. The fraction of sp³-hybridized carbons (Fsp3) is 0. The molecule has 7 heteroatoms. The van der Waals surface area contributed by atoms with Crippen molar-refractivity contribution in [3.63, 3.8) is 0 Å². The van der Waals surface area contributed by atoms with Crippen molar-refractivity contribution in [3.05, 3.63) is 0 Å². The maximum atomic E-state index is 8.58. The predicted octanol–water partition coefficient (Wildman–Crippen LogP) is -5.14. The van der Waals surface area contributed by atoms with Crippen LogP contribution in [0.4, 0.5) is 0 Å². The summed E-state index contributed by atoms with van der Waals surface area (Å²) in [6.45, 7) is 0. The van der Waals surface area contributed by atoms with E-state index in [1.54, 1.807) is 0 Å².